The Morgan fingerprint density at radius 3 is 2.65 bits per heavy atom. The van der Waals surface area contributed by atoms with E-state index in [1.165, 1.54) is 4.68 Å². The molecule has 4 heteroatoms. The minimum atomic E-state index is -0.0596. The summed E-state index contributed by atoms with van der Waals surface area (Å²) in [6, 6.07) is 13.7. The van der Waals surface area contributed by atoms with Gasteiger partial charge in [0.25, 0.3) is 5.56 Å². The molecule has 20 heavy (non-hydrogen) atoms. The molecule has 0 aliphatic heterocycles. The van der Waals surface area contributed by atoms with Crippen molar-refractivity contribution in [3.8, 4) is 11.3 Å². The van der Waals surface area contributed by atoms with Gasteiger partial charge in [0.05, 0.1) is 12.2 Å². The van der Waals surface area contributed by atoms with Gasteiger partial charge in [-0.15, -0.1) is 0 Å². The third-order valence-corrected chi connectivity index (χ3v) is 3.36. The lowest BCUT2D eigenvalue weighted by atomic mass is 10.1. The van der Waals surface area contributed by atoms with Crippen LogP contribution in [0.4, 0.5) is 0 Å². The molecule has 1 aromatic carbocycles. The largest absolute Gasteiger partial charge is 0.312 e. The third kappa shape index (κ3) is 3.78. The zero-order valence-corrected chi connectivity index (χ0v) is 12.0. The summed E-state index contributed by atoms with van der Waals surface area (Å²) in [4.78, 5) is 11.8. The Kier molecular flexibility index (Phi) is 5.07. The van der Waals surface area contributed by atoms with Gasteiger partial charge in [-0.05, 0) is 19.4 Å². The average Bonchev–Trinajstić information content (AvgIpc) is 2.49. The highest BCUT2D eigenvalue weighted by Crippen LogP contribution is 2.13. The summed E-state index contributed by atoms with van der Waals surface area (Å²) in [5.41, 5.74) is 1.79. The highest BCUT2D eigenvalue weighted by atomic mass is 16.1. The number of nitrogens with zero attached hydrogens (tertiary/aromatic N) is 2. The fraction of sp³-hybridized carbons (Fsp3) is 0.375. The van der Waals surface area contributed by atoms with Crippen LogP contribution >= 0.6 is 0 Å². The van der Waals surface area contributed by atoms with Crippen LogP contribution in [0.2, 0.25) is 0 Å². The normalized spacial score (nSPS) is 12.3. The maximum absolute atomic E-state index is 11.8. The van der Waals surface area contributed by atoms with Gasteiger partial charge in [0.15, 0.2) is 0 Å². The highest BCUT2D eigenvalue weighted by molar-refractivity contribution is 5.57. The lowest BCUT2D eigenvalue weighted by Gasteiger charge is -2.12. The monoisotopic (exact) mass is 271 g/mol. The second-order valence-corrected chi connectivity index (χ2v) is 4.91. The van der Waals surface area contributed by atoms with Gasteiger partial charge >= 0.3 is 0 Å². The molecule has 1 N–H and O–H groups in total. The van der Waals surface area contributed by atoms with E-state index in [1.54, 1.807) is 12.1 Å². The van der Waals surface area contributed by atoms with E-state index in [4.69, 9.17) is 0 Å². The molecule has 0 amide bonds. The van der Waals surface area contributed by atoms with Crippen LogP contribution in [0.25, 0.3) is 11.3 Å². The third-order valence-electron chi connectivity index (χ3n) is 3.36. The van der Waals surface area contributed by atoms with Gasteiger partial charge in [0.2, 0.25) is 0 Å². The number of hydrogen-bond donors (Lipinski definition) is 1. The van der Waals surface area contributed by atoms with E-state index in [2.05, 4.69) is 24.3 Å². The summed E-state index contributed by atoms with van der Waals surface area (Å²) >= 11 is 0. The van der Waals surface area contributed by atoms with Gasteiger partial charge < -0.3 is 5.32 Å². The van der Waals surface area contributed by atoms with E-state index in [0.717, 1.165) is 24.2 Å². The number of benzene rings is 1. The van der Waals surface area contributed by atoms with Crippen LogP contribution in [-0.2, 0) is 6.54 Å². The van der Waals surface area contributed by atoms with Gasteiger partial charge in [0.1, 0.15) is 0 Å². The number of aromatic nitrogens is 2. The van der Waals surface area contributed by atoms with Crippen molar-refractivity contribution >= 4 is 0 Å². The zero-order valence-electron chi connectivity index (χ0n) is 12.0. The first kappa shape index (κ1) is 14.5. The molecule has 0 aliphatic carbocycles. The molecule has 0 fully saturated rings. The Morgan fingerprint density at radius 1 is 1.20 bits per heavy atom. The van der Waals surface area contributed by atoms with Crippen molar-refractivity contribution < 1.29 is 0 Å². The lowest BCUT2D eigenvalue weighted by Crippen LogP contribution is -2.32. The van der Waals surface area contributed by atoms with E-state index in [-0.39, 0.29) is 5.56 Å². The lowest BCUT2D eigenvalue weighted by molar-refractivity contribution is 0.477. The molecule has 1 atom stereocenters. The first-order valence-corrected chi connectivity index (χ1v) is 7.07. The zero-order chi connectivity index (χ0) is 14.4. The molecule has 0 saturated heterocycles. The Balaban J connectivity index is 2.11. The molecule has 0 unspecified atom stereocenters. The maximum Gasteiger partial charge on any atom is 0.266 e. The van der Waals surface area contributed by atoms with Crippen molar-refractivity contribution in [2.45, 2.75) is 32.9 Å². The standard InChI is InChI=1S/C16H21N3O/c1-3-13(2)17-11-12-19-16(20)10-9-15(18-19)14-7-5-4-6-8-14/h4-10,13,17H,3,11-12H2,1-2H3/t13-/m1/s1. The second-order valence-electron chi connectivity index (χ2n) is 4.91. The summed E-state index contributed by atoms with van der Waals surface area (Å²) < 4.78 is 1.53. The van der Waals surface area contributed by atoms with Crippen LogP contribution in [0.5, 0.6) is 0 Å². The molecule has 0 radical (unpaired) electrons. The summed E-state index contributed by atoms with van der Waals surface area (Å²) in [5.74, 6) is 0. The van der Waals surface area contributed by atoms with Crippen LogP contribution in [0.15, 0.2) is 47.3 Å². The van der Waals surface area contributed by atoms with Crippen molar-refractivity contribution in [2.24, 2.45) is 0 Å². The first-order chi connectivity index (χ1) is 9.70. The topological polar surface area (TPSA) is 46.9 Å². The van der Waals surface area contributed by atoms with Crippen molar-refractivity contribution in [1.82, 2.24) is 15.1 Å². The van der Waals surface area contributed by atoms with E-state index >= 15 is 0 Å². The van der Waals surface area contributed by atoms with Crippen LogP contribution in [0, 0.1) is 0 Å². The minimum absolute atomic E-state index is 0.0596. The van der Waals surface area contributed by atoms with Gasteiger partial charge in [-0.3, -0.25) is 4.79 Å². The van der Waals surface area contributed by atoms with E-state index in [1.807, 2.05) is 30.3 Å². The SMILES string of the molecule is CC[C@@H](C)NCCn1nc(-c2ccccc2)ccc1=O. The minimum Gasteiger partial charge on any atom is -0.312 e. The van der Waals surface area contributed by atoms with Crippen LogP contribution < -0.4 is 10.9 Å². The fourth-order valence-corrected chi connectivity index (χ4v) is 1.93. The van der Waals surface area contributed by atoms with Crippen LogP contribution in [0.1, 0.15) is 20.3 Å². The molecule has 0 bridgehead atoms. The predicted octanol–water partition coefficient (Wildman–Crippen LogP) is 2.30. The first-order valence-electron chi connectivity index (χ1n) is 7.07. The van der Waals surface area contributed by atoms with Crippen molar-refractivity contribution in [3.05, 3.63) is 52.8 Å². The molecule has 2 aromatic rings. The summed E-state index contributed by atoms with van der Waals surface area (Å²) in [6.45, 7) is 5.61. The fourth-order valence-electron chi connectivity index (χ4n) is 1.93. The predicted molar refractivity (Wildman–Crippen MR) is 81.7 cm³/mol. The Labute approximate surface area is 119 Å². The molecule has 1 aromatic heterocycles. The molecular formula is C16H21N3O. The summed E-state index contributed by atoms with van der Waals surface area (Å²) in [6.07, 6.45) is 1.08. The molecule has 0 saturated carbocycles. The number of rotatable bonds is 6. The number of hydrogen-bond acceptors (Lipinski definition) is 3. The maximum atomic E-state index is 11.8. The van der Waals surface area contributed by atoms with Gasteiger partial charge in [0, 0.05) is 24.2 Å². The van der Waals surface area contributed by atoms with Crippen molar-refractivity contribution in [2.75, 3.05) is 6.54 Å². The second kappa shape index (κ2) is 7.01. The molecule has 2 rings (SSSR count). The van der Waals surface area contributed by atoms with Gasteiger partial charge in [-0.2, -0.15) is 5.10 Å². The Bertz CT molecular complexity index is 592. The summed E-state index contributed by atoms with van der Waals surface area (Å²) in [7, 11) is 0. The van der Waals surface area contributed by atoms with Gasteiger partial charge in [-0.25, -0.2) is 4.68 Å². The highest BCUT2D eigenvalue weighted by Gasteiger charge is 2.03. The van der Waals surface area contributed by atoms with E-state index in [9.17, 15) is 4.79 Å². The van der Waals surface area contributed by atoms with Crippen LogP contribution in [-0.4, -0.2) is 22.4 Å². The Hall–Kier alpha value is -1.94. The van der Waals surface area contributed by atoms with Crippen molar-refractivity contribution in [1.29, 1.82) is 0 Å². The molecule has 4 nitrogen and oxygen atoms in total. The summed E-state index contributed by atoms with van der Waals surface area (Å²) in [5, 5.41) is 7.80. The average molecular weight is 271 g/mol. The number of nitrogens with one attached hydrogen (secondary N) is 1. The molecule has 0 spiro atoms. The smallest absolute Gasteiger partial charge is 0.266 e. The Morgan fingerprint density at radius 2 is 1.95 bits per heavy atom. The van der Waals surface area contributed by atoms with Crippen molar-refractivity contribution in [3.63, 3.8) is 0 Å². The van der Waals surface area contributed by atoms with E-state index < -0.39 is 0 Å². The van der Waals surface area contributed by atoms with Crippen LogP contribution in [0.3, 0.4) is 0 Å². The molecule has 1 heterocycles. The quantitative estimate of drug-likeness (QED) is 0.877. The van der Waals surface area contributed by atoms with E-state index in [0.29, 0.717) is 12.6 Å². The molecule has 106 valence electrons. The molecule has 0 aliphatic rings. The molecular weight excluding hydrogens is 250 g/mol. The van der Waals surface area contributed by atoms with Gasteiger partial charge in [-0.1, -0.05) is 37.3 Å².